The number of rotatable bonds is 13. The van der Waals surface area contributed by atoms with Gasteiger partial charge in [0.05, 0.1) is 11.1 Å². The van der Waals surface area contributed by atoms with Gasteiger partial charge in [0.15, 0.2) is 0 Å². The molecule has 4 amide bonds. The van der Waals surface area contributed by atoms with Crippen LogP contribution in [-0.2, 0) is 22.6 Å². The summed E-state index contributed by atoms with van der Waals surface area (Å²) in [4.78, 5) is 55.6. The predicted molar refractivity (Wildman–Crippen MR) is 155 cm³/mol. The monoisotopic (exact) mass is 559 g/mol. The molecule has 3 aromatic rings. The highest BCUT2D eigenvalue weighted by Crippen LogP contribution is 2.23. The Hall–Kier alpha value is -3.97. The van der Waals surface area contributed by atoms with Crippen molar-refractivity contribution in [1.29, 1.82) is 0 Å². The van der Waals surface area contributed by atoms with E-state index < -0.39 is 6.04 Å². The van der Waals surface area contributed by atoms with Crippen molar-refractivity contribution in [3.63, 3.8) is 0 Å². The molecule has 0 saturated carbocycles. The molecular formula is C32H34ClN3O4. The summed E-state index contributed by atoms with van der Waals surface area (Å²) in [5.41, 5.74) is 2.51. The van der Waals surface area contributed by atoms with Gasteiger partial charge >= 0.3 is 0 Å². The van der Waals surface area contributed by atoms with Crippen LogP contribution in [0.5, 0.6) is 0 Å². The summed E-state index contributed by atoms with van der Waals surface area (Å²) in [7, 11) is 0. The van der Waals surface area contributed by atoms with Gasteiger partial charge in [0, 0.05) is 37.5 Å². The number of imide groups is 1. The Morgan fingerprint density at radius 2 is 1.52 bits per heavy atom. The molecule has 0 spiro atoms. The summed E-state index contributed by atoms with van der Waals surface area (Å²) in [6, 6.07) is 22.8. The van der Waals surface area contributed by atoms with Crippen molar-refractivity contribution < 1.29 is 19.2 Å². The van der Waals surface area contributed by atoms with Crippen LogP contribution >= 0.6 is 11.6 Å². The second kappa shape index (κ2) is 13.9. The minimum absolute atomic E-state index is 0.0709. The lowest BCUT2D eigenvalue weighted by Gasteiger charge is -2.32. The van der Waals surface area contributed by atoms with Crippen molar-refractivity contribution in [3.05, 3.63) is 106 Å². The molecule has 1 N–H and O–H groups in total. The van der Waals surface area contributed by atoms with E-state index in [9.17, 15) is 19.2 Å². The highest BCUT2D eigenvalue weighted by atomic mass is 35.5. The Morgan fingerprint density at radius 3 is 2.17 bits per heavy atom. The van der Waals surface area contributed by atoms with Crippen LogP contribution in [0.2, 0.25) is 5.02 Å². The summed E-state index contributed by atoms with van der Waals surface area (Å²) in [5.74, 6) is -1.14. The number of halogens is 1. The minimum atomic E-state index is -0.745. The molecule has 1 aliphatic heterocycles. The van der Waals surface area contributed by atoms with Gasteiger partial charge in [-0.1, -0.05) is 79.5 Å². The summed E-state index contributed by atoms with van der Waals surface area (Å²) < 4.78 is 0. The normalized spacial score (nSPS) is 13.2. The van der Waals surface area contributed by atoms with Gasteiger partial charge in [0.1, 0.15) is 6.04 Å². The molecule has 1 heterocycles. The highest BCUT2D eigenvalue weighted by molar-refractivity contribution is 6.30. The van der Waals surface area contributed by atoms with Crippen LogP contribution in [0.1, 0.15) is 64.4 Å². The second-order valence-corrected chi connectivity index (χ2v) is 10.3. The Labute approximate surface area is 240 Å². The molecule has 0 fully saturated rings. The Morgan fingerprint density at radius 1 is 0.875 bits per heavy atom. The molecule has 4 rings (SSSR count). The summed E-state index contributed by atoms with van der Waals surface area (Å²) in [5, 5.41) is 3.55. The van der Waals surface area contributed by atoms with Gasteiger partial charge in [-0.3, -0.25) is 24.1 Å². The number of hydrogen-bond acceptors (Lipinski definition) is 4. The second-order valence-electron chi connectivity index (χ2n) is 9.91. The molecule has 7 nitrogen and oxygen atoms in total. The Kier molecular flexibility index (Phi) is 10.1. The van der Waals surface area contributed by atoms with E-state index in [1.807, 2.05) is 42.5 Å². The lowest BCUT2D eigenvalue weighted by Crippen LogP contribution is -2.50. The van der Waals surface area contributed by atoms with Crippen molar-refractivity contribution in [1.82, 2.24) is 15.1 Å². The standard InChI is InChI=1S/C32H34ClN3O4/c1-2-3-18-34-30(38)28(21-23-11-5-4-6-12-23)36(22-24-13-9-14-25(33)20-24)29(37)17-10-19-35-31(39)26-15-7-8-16-27(26)32(35)40/h4-9,11-16,20,28H,2-3,10,17-19,21-22H2,1H3,(H,34,38)/t28-/m0/s1. The third-order valence-corrected chi connectivity index (χ3v) is 7.23. The fraction of sp³-hybridized carbons (Fsp3) is 0.312. The number of carbonyl (C=O) groups is 4. The molecule has 0 bridgehead atoms. The number of hydrogen-bond donors (Lipinski definition) is 1. The van der Waals surface area contributed by atoms with Crippen molar-refractivity contribution in [2.24, 2.45) is 0 Å². The Bertz CT molecular complexity index is 1330. The zero-order valence-corrected chi connectivity index (χ0v) is 23.4. The van der Waals surface area contributed by atoms with Gasteiger partial charge in [-0.25, -0.2) is 0 Å². The highest BCUT2D eigenvalue weighted by Gasteiger charge is 2.35. The number of carbonyl (C=O) groups excluding carboxylic acids is 4. The molecule has 0 aliphatic carbocycles. The van der Waals surface area contributed by atoms with Crippen LogP contribution in [0, 0.1) is 0 Å². The molecule has 0 unspecified atom stereocenters. The first-order valence-electron chi connectivity index (χ1n) is 13.7. The van der Waals surface area contributed by atoms with Gasteiger partial charge in [-0.15, -0.1) is 0 Å². The van der Waals surface area contributed by atoms with E-state index in [1.165, 1.54) is 4.90 Å². The first kappa shape index (κ1) is 29.0. The Balaban J connectivity index is 1.53. The number of benzene rings is 3. The van der Waals surface area contributed by atoms with Gasteiger partial charge in [0.2, 0.25) is 11.8 Å². The topological polar surface area (TPSA) is 86.8 Å². The maximum absolute atomic E-state index is 13.8. The molecule has 1 aliphatic rings. The number of nitrogens with one attached hydrogen (secondary N) is 1. The van der Waals surface area contributed by atoms with E-state index >= 15 is 0 Å². The molecular weight excluding hydrogens is 526 g/mol. The van der Waals surface area contributed by atoms with E-state index in [1.54, 1.807) is 41.3 Å². The van der Waals surface area contributed by atoms with Crippen LogP contribution in [0.3, 0.4) is 0 Å². The van der Waals surface area contributed by atoms with Crippen molar-refractivity contribution >= 4 is 35.2 Å². The maximum atomic E-state index is 13.8. The number of amides is 4. The van der Waals surface area contributed by atoms with Gasteiger partial charge in [0.25, 0.3) is 11.8 Å². The van der Waals surface area contributed by atoms with Crippen molar-refractivity contribution in [2.75, 3.05) is 13.1 Å². The molecule has 0 radical (unpaired) electrons. The largest absolute Gasteiger partial charge is 0.354 e. The van der Waals surface area contributed by atoms with Crippen LogP contribution < -0.4 is 5.32 Å². The average Bonchev–Trinajstić information content (AvgIpc) is 3.20. The third-order valence-electron chi connectivity index (χ3n) is 6.99. The first-order chi connectivity index (χ1) is 19.4. The lowest BCUT2D eigenvalue weighted by molar-refractivity contribution is -0.141. The van der Waals surface area contributed by atoms with Crippen LogP contribution in [0.4, 0.5) is 0 Å². The smallest absolute Gasteiger partial charge is 0.261 e. The zero-order valence-electron chi connectivity index (χ0n) is 22.6. The number of nitrogens with zero attached hydrogens (tertiary/aromatic N) is 2. The minimum Gasteiger partial charge on any atom is -0.354 e. The van der Waals surface area contributed by atoms with Crippen molar-refractivity contribution in [2.45, 2.75) is 51.6 Å². The molecule has 0 aromatic heterocycles. The molecule has 1 atom stereocenters. The van der Waals surface area contributed by atoms with E-state index in [0.717, 1.165) is 24.0 Å². The molecule has 3 aromatic carbocycles. The van der Waals surface area contributed by atoms with Gasteiger partial charge in [-0.05, 0) is 48.2 Å². The molecule has 8 heteroatoms. The first-order valence-corrected chi connectivity index (χ1v) is 14.1. The van der Waals surface area contributed by atoms with Crippen LogP contribution in [0.15, 0.2) is 78.9 Å². The molecule has 40 heavy (non-hydrogen) atoms. The quantitative estimate of drug-likeness (QED) is 0.228. The number of fused-ring (bicyclic) bond motifs is 1. The third kappa shape index (κ3) is 7.16. The van der Waals surface area contributed by atoms with E-state index in [2.05, 4.69) is 12.2 Å². The molecule has 0 saturated heterocycles. The summed E-state index contributed by atoms with van der Waals surface area (Å²) >= 11 is 6.23. The van der Waals surface area contributed by atoms with Gasteiger partial charge < -0.3 is 10.2 Å². The average molecular weight is 560 g/mol. The molecule has 208 valence electrons. The van der Waals surface area contributed by atoms with Crippen molar-refractivity contribution in [3.8, 4) is 0 Å². The maximum Gasteiger partial charge on any atom is 0.261 e. The zero-order chi connectivity index (χ0) is 28.5. The fourth-order valence-corrected chi connectivity index (χ4v) is 5.08. The van der Waals surface area contributed by atoms with Crippen LogP contribution in [-0.4, -0.2) is 52.6 Å². The summed E-state index contributed by atoms with van der Waals surface area (Å²) in [6.07, 6.45) is 2.48. The SMILES string of the molecule is CCCCNC(=O)[C@H](Cc1ccccc1)N(Cc1cccc(Cl)c1)C(=O)CCCN1C(=O)c2ccccc2C1=O. The van der Waals surface area contributed by atoms with Crippen LogP contribution in [0.25, 0.3) is 0 Å². The van der Waals surface area contributed by atoms with Gasteiger partial charge in [-0.2, -0.15) is 0 Å². The fourth-order valence-electron chi connectivity index (χ4n) is 4.87. The summed E-state index contributed by atoms with van der Waals surface area (Å²) in [6.45, 7) is 2.90. The van der Waals surface area contributed by atoms with E-state index in [0.29, 0.717) is 29.1 Å². The number of unbranched alkanes of at least 4 members (excludes halogenated alkanes) is 1. The predicted octanol–water partition coefficient (Wildman–Crippen LogP) is 5.27. The van der Waals surface area contributed by atoms with E-state index in [4.69, 9.17) is 11.6 Å². The van der Waals surface area contributed by atoms with E-state index in [-0.39, 0.29) is 49.6 Å². The lowest BCUT2D eigenvalue weighted by atomic mass is 10.0.